The van der Waals surface area contributed by atoms with Crippen LogP contribution in [0.1, 0.15) is 41.0 Å². The SMILES string of the molecule is COC(C)(C)CCNCCN1CCN(C(=O)OC(C)(C)C)CC1. The average Bonchev–Trinajstić information content (AvgIpc) is 2.45. The van der Waals surface area contributed by atoms with Gasteiger partial charge in [0.15, 0.2) is 0 Å². The van der Waals surface area contributed by atoms with Gasteiger partial charge in [0.25, 0.3) is 0 Å². The van der Waals surface area contributed by atoms with Crippen LogP contribution in [0.3, 0.4) is 0 Å². The number of nitrogens with zero attached hydrogens (tertiary/aromatic N) is 2. The van der Waals surface area contributed by atoms with E-state index in [1.54, 1.807) is 12.0 Å². The van der Waals surface area contributed by atoms with E-state index in [-0.39, 0.29) is 11.7 Å². The van der Waals surface area contributed by atoms with Crippen molar-refractivity contribution in [3.63, 3.8) is 0 Å². The summed E-state index contributed by atoms with van der Waals surface area (Å²) >= 11 is 0. The van der Waals surface area contributed by atoms with E-state index in [1.165, 1.54) is 0 Å². The standard InChI is InChI=1S/C17H35N3O3/c1-16(2,3)23-15(21)20-13-11-19(12-14-20)10-9-18-8-7-17(4,5)22-6/h18H,7-14H2,1-6H3. The molecule has 6 nitrogen and oxygen atoms in total. The molecule has 136 valence electrons. The molecule has 0 spiro atoms. The first-order valence-electron chi connectivity index (χ1n) is 8.59. The van der Waals surface area contributed by atoms with Crippen molar-refractivity contribution in [2.75, 3.05) is 52.9 Å². The number of ether oxygens (including phenoxy) is 2. The Hall–Kier alpha value is -0.850. The second-order valence-electron chi connectivity index (χ2n) is 7.77. The monoisotopic (exact) mass is 329 g/mol. The van der Waals surface area contributed by atoms with Crippen LogP contribution in [0.2, 0.25) is 0 Å². The van der Waals surface area contributed by atoms with Gasteiger partial charge in [-0.3, -0.25) is 4.90 Å². The van der Waals surface area contributed by atoms with E-state index in [0.717, 1.165) is 52.2 Å². The van der Waals surface area contributed by atoms with Crippen LogP contribution in [-0.2, 0) is 9.47 Å². The summed E-state index contributed by atoms with van der Waals surface area (Å²) in [5.41, 5.74) is -0.486. The van der Waals surface area contributed by atoms with Crippen molar-refractivity contribution in [2.24, 2.45) is 0 Å². The van der Waals surface area contributed by atoms with Crippen LogP contribution in [0.5, 0.6) is 0 Å². The number of piperazine rings is 1. The summed E-state index contributed by atoms with van der Waals surface area (Å²) in [7, 11) is 1.75. The van der Waals surface area contributed by atoms with Gasteiger partial charge in [-0.2, -0.15) is 0 Å². The van der Waals surface area contributed by atoms with Gasteiger partial charge < -0.3 is 19.7 Å². The molecular weight excluding hydrogens is 294 g/mol. The zero-order valence-electron chi connectivity index (χ0n) is 15.8. The Bertz CT molecular complexity index is 359. The van der Waals surface area contributed by atoms with Crippen molar-refractivity contribution in [1.82, 2.24) is 15.1 Å². The minimum atomic E-state index is -0.423. The molecule has 6 heteroatoms. The van der Waals surface area contributed by atoms with Crippen LogP contribution >= 0.6 is 0 Å². The highest BCUT2D eigenvalue weighted by atomic mass is 16.6. The van der Waals surface area contributed by atoms with Crippen molar-refractivity contribution in [3.8, 4) is 0 Å². The molecule has 1 aliphatic heterocycles. The first-order valence-corrected chi connectivity index (χ1v) is 8.59. The van der Waals surface area contributed by atoms with Gasteiger partial charge in [-0.15, -0.1) is 0 Å². The number of nitrogens with one attached hydrogen (secondary N) is 1. The predicted molar refractivity (Wildman–Crippen MR) is 92.8 cm³/mol. The maximum Gasteiger partial charge on any atom is 0.410 e. The quantitative estimate of drug-likeness (QED) is 0.724. The Balaban J connectivity index is 2.14. The highest BCUT2D eigenvalue weighted by Gasteiger charge is 2.25. The normalized spacial score (nSPS) is 17.4. The smallest absolute Gasteiger partial charge is 0.410 e. The molecule has 0 saturated carbocycles. The highest BCUT2D eigenvalue weighted by Crippen LogP contribution is 2.12. The largest absolute Gasteiger partial charge is 0.444 e. The predicted octanol–water partition coefficient (Wildman–Crippen LogP) is 1.94. The lowest BCUT2D eigenvalue weighted by Gasteiger charge is -2.35. The third-order valence-electron chi connectivity index (χ3n) is 4.09. The summed E-state index contributed by atoms with van der Waals surface area (Å²) in [6, 6.07) is 0. The number of carbonyl (C=O) groups is 1. The number of amides is 1. The van der Waals surface area contributed by atoms with Crippen molar-refractivity contribution in [3.05, 3.63) is 0 Å². The van der Waals surface area contributed by atoms with Crippen LogP contribution in [0.15, 0.2) is 0 Å². The molecule has 23 heavy (non-hydrogen) atoms. The molecule has 1 heterocycles. The molecule has 0 bridgehead atoms. The molecule has 0 radical (unpaired) electrons. The van der Waals surface area contributed by atoms with Crippen LogP contribution < -0.4 is 5.32 Å². The van der Waals surface area contributed by atoms with Crippen molar-refractivity contribution in [1.29, 1.82) is 0 Å². The Kier molecular flexibility index (Phi) is 7.77. The fourth-order valence-electron chi connectivity index (χ4n) is 2.33. The summed E-state index contributed by atoms with van der Waals surface area (Å²) in [5, 5.41) is 3.46. The maximum atomic E-state index is 12.0. The molecule has 1 rings (SSSR count). The van der Waals surface area contributed by atoms with E-state index in [9.17, 15) is 4.79 Å². The molecule has 1 aliphatic rings. The molecule has 0 aliphatic carbocycles. The number of hydrogen-bond acceptors (Lipinski definition) is 5. The fourth-order valence-corrected chi connectivity index (χ4v) is 2.33. The number of rotatable bonds is 7. The summed E-state index contributed by atoms with van der Waals surface area (Å²) in [6.07, 6.45) is 0.799. The van der Waals surface area contributed by atoms with Crippen molar-refractivity contribution < 1.29 is 14.3 Å². The summed E-state index contributed by atoms with van der Waals surface area (Å²) in [6.45, 7) is 16.1. The minimum Gasteiger partial charge on any atom is -0.444 e. The summed E-state index contributed by atoms with van der Waals surface area (Å²) in [4.78, 5) is 16.2. The van der Waals surface area contributed by atoms with E-state index in [4.69, 9.17) is 9.47 Å². The molecule has 1 amide bonds. The summed E-state index contributed by atoms with van der Waals surface area (Å²) < 4.78 is 10.8. The van der Waals surface area contributed by atoms with Gasteiger partial charge >= 0.3 is 6.09 Å². The number of methoxy groups -OCH3 is 1. The molecule has 0 atom stereocenters. The summed E-state index contributed by atoms with van der Waals surface area (Å²) in [5.74, 6) is 0. The number of hydrogen-bond donors (Lipinski definition) is 1. The van der Waals surface area contributed by atoms with E-state index in [1.807, 2.05) is 20.8 Å². The molecule has 1 saturated heterocycles. The molecule has 0 aromatic carbocycles. The van der Waals surface area contributed by atoms with E-state index in [2.05, 4.69) is 24.1 Å². The molecular formula is C17H35N3O3. The Morgan fingerprint density at radius 3 is 2.17 bits per heavy atom. The Morgan fingerprint density at radius 2 is 1.65 bits per heavy atom. The Labute approximate surface area is 141 Å². The lowest BCUT2D eigenvalue weighted by atomic mass is 10.1. The van der Waals surface area contributed by atoms with Gasteiger partial charge in [-0.1, -0.05) is 0 Å². The third kappa shape index (κ3) is 8.53. The first-order chi connectivity index (χ1) is 10.6. The van der Waals surface area contributed by atoms with E-state index in [0.29, 0.717) is 0 Å². The molecule has 0 aromatic heterocycles. The van der Waals surface area contributed by atoms with Gasteiger partial charge in [-0.25, -0.2) is 4.79 Å². The lowest BCUT2D eigenvalue weighted by molar-refractivity contribution is 0.0139. The molecule has 0 unspecified atom stereocenters. The van der Waals surface area contributed by atoms with Gasteiger partial charge in [-0.05, 0) is 47.6 Å². The van der Waals surface area contributed by atoms with Gasteiger partial charge in [0, 0.05) is 46.4 Å². The second-order valence-corrected chi connectivity index (χ2v) is 7.77. The van der Waals surface area contributed by atoms with Crippen LogP contribution in [-0.4, -0.2) is 80.0 Å². The minimum absolute atomic E-state index is 0.0635. The molecule has 1 fully saturated rings. The van der Waals surface area contributed by atoms with Gasteiger partial charge in [0.05, 0.1) is 5.60 Å². The van der Waals surface area contributed by atoms with Crippen molar-refractivity contribution >= 4 is 6.09 Å². The second kappa shape index (κ2) is 8.85. The van der Waals surface area contributed by atoms with E-state index < -0.39 is 5.60 Å². The maximum absolute atomic E-state index is 12.0. The zero-order valence-corrected chi connectivity index (χ0v) is 15.8. The zero-order chi connectivity index (χ0) is 17.5. The molecule has 1 N–H and O–H groups in total. The number of carbonyl (C=O) groups excluding carboxylic acids is 1. The Morgan fingerprint density at radius 1 is 1.04 bits per heavy atom. The van der Waals surface area contributed by atoms with E-state index >= 15 is 0 Å². The topological polar surface area (TPSA) is 54.0 Å². The lowest BCUT2D eigenvalue weighted by Crippen LogP contribution is -2.51. The van der Waals surface area contributed by atoms with Crippen molar-refractivity contribution in [2.45, 2.75) is 52.2 Å². The fraction of sp³-hybridized carbons (Fsp3) is 0.941. The van der Waals surface area contributed by atoms with Gasteiger partial charge in [0.2, 0.25) is 0 Å². The van der Waals surface area contributed by atoms with Crippen LogP contribution in [0.25, 0.3) is 0 Å². The average molecular weight is 329 g/mol. The van der Waals surface area contributed by atoms with Gasteiger partial charge in [0.1, 0.15) is 5.60 Å². The van der Waals surface area contributed by atoms with Crippen LogP contribution in [0.4, 0.5) is 4.79 Å². The third-order valence-corrected chi connectivity index (χ3v) is 4.09. The molecule has 0 aromatic rings. The van der Waals surface area contributed by atoms with Crippen LogP contribution in [0, 0.1) is 0 Å². The first kappa shape index (κ1) is 20.2. The highest BCUT2D eigenvalue weighted by molar-refractivity contribution is 5.68.